The molecular weight excluding hydrogens is 600 g/mol. The molecule has 2 atom stereocenters. The highest BCUT2D eigenvalue weighted by Crippen LogP contribution is 2.43. The van der Waals surface area contributed by atoms with Crippen molar-refractivity contribution in [1.29, 1.82) is 0 Å². The fourth-order valence-electron chi connectivity index (χ4n) is 6.62. The minimum Gasteiger partial charge on any atom is -0.515 e. The molecule has 0 saturated carbocycles. The number of methoxy groups -OCH3 is 3. The van der Waals surface area contributed by atoms with Gasteiger partial charge in [-0.2, -0.15) is 0 Å². The lowest BCUT2D eigenvalue weighted by molar-refractivity contribution is -0.141. The number of rotatable bonds is 7. The number of nitrogens with one attached hydrogen (secondary N) is 1. The summed E-state index contributed by atoms with van der Waals surface area (Å²) in [5.74, 6) is -1.93. The van der Waals surface area contributed by atoms with Gasteiger partial charge < -0.3 is 24.6 Å². The van der Waals surface area contributed by atoms with Gasteiger partial charge in [-0.3, -0.25) is 9.59 Å². The first-order chi connectivity index (χ1) is 22.5. The average Bonchev–Trinajstić information content (AvgIpc) is 3.74. The monoisotopic (exact) mass is 640 g/mol. The minimum absolute atomic E-state index is 0.131. The van der Waals surface area contributed by atoms with Gasteiger partial charge in [-0.05, 0) is 74.1 Å². The summed E-state index contributed by atoms with van der Waals surface area (Å²) >= 11 is 0. The molecule has 0 radical (unpaired) electrons. The summed E-state index contributed by atoms with van der Waals surface area (Å²) in [7, 11) is 3.96. The van der Waals surface area contributed by atoms with Crippen molar-refractivity contribution in [1.82, 2.24) is 5.32 Å². The van der Waals surface area contributed by atoms with E-state index in [2.05, 4.69) is 5.32 Å². The number of ether oxygens (including phenoxy) is 3. The molecule has 5 aliphatic rings. The highest BCUT2D eigenvalue weighted by atomic mass is 16.5. The van der Waals surface area contributed by atoms with Gasteiger partial charge in [0.1, 0.15) is 0 Å². The number of hydrogen-bond donors (Lipinski definition) is 2. The minimum atomic E-state index is -0.591. The molecule has 2 N–H and O–H groups in total. The predicted molar refractivity (Wildman–Crippen MR) is 178 cm³/mol. The van der Waals surface area contributed by atoms with Gasteiger partial charge in [0.25, 0.3) is 0 Å². The number of allylic oxidation sites excluding steroid dienone is 10. The third-order valence-electron chi connectivity index (χ3n) is 9.42. The first-order valence-electron chi connectivity index (χ1n) is 15.6. The number of carbonyl (C=O) groups excluding carboxylic acids is 3. The predicted octanol–water partition coefficient (Wildman–Crippen LogP) is 5.57. The lowest BCUT2D eigenvalue weighted by Crippen LogP contribution is -2.23. The fraction of sp³-hybridized carbons (Fsp3) is 0.389. The maximum atomic E-state index is 13.4. The van der Waals surface area contributed by atoms with Crippen LogP contribution in [0.3, 0.4) is 0 Å². The highest BCUT2D eigenvalue weighted by molar-refractivity contribution is 6.30. The van der Waals surface area contributed by atoms with Crippen LogP contribution in [-0.4, -0.2) is 61.5 Å². The molecule has 11 nitrogen and oxygen atoms in total. The molecule has 0 amide bonds. The van der Waals surface area contributed by atoms with Gasteiger partial charge in [-0.1, -0.05) is 13.8 Å². The summed E-state index contributed by atoms with van der Waals surface area (Å²) in [5, 5.41) is 13.8. The third kappa shape index (κ3) is 5.97. The van der Waals surface area contributed by atoms with E-state index in [9.17, 15) is 19.5 Å². The zero-order valence-electron chi connectivity index (χ0n) is 28.0. The molecule has 0 aromatic carbocycles. The molecule has 246 valence electrons. The van der Waals surface area contributed by atoms with Gasteiger partial charge in [-0.15, -0.1) is 0 Å². The number of hydrogen-bond acceptors (Lipinski definition) is 11. The third-order valence-corrected chi connectivity index (χ3v) is 9.42. The van der Waals surface area contributed by atoms with Crippen LogP contribution in [0.25, 0.3) is 0 Å². The Morgan fingerprint density at radius 2 is 1.55 bits per heavy atom. The standard InChI is InChI=1S/C36H40N4O7/c1-9-21-17(2)26-14-30-24(16-41)19(4)25(38-30)13-27-18(3)22(10-11-31(42)45-6)34(39-27)23(12-32(43)46-7)35-33(36(44)47-8)20(5)28(40-35)15-29(21)37-26/h13-16,18,22,39,41H,9-12H2,1-8H3/b24-16-,26-14?,27-13?,28-15?,34-23?/t18-,22-/m0/s1. The Bertz CT molecular complexity index is 1820. The van der Waals surface area contributed by atoms with E-state index in [0.29, 0.717) is 69.5 Å². The molecular formula is C36H40N4O7. The number of esters is 3. The van der Waals surface area contributed by atoms with Crippen LogP contribution in [0.2, 0.25) is 0 Å². The Hall–Kier alpha value is -5.06. The second-order valence-electron chi connectivity index (χ2n) is 11.9. The number of aliphatic hydroxyl groups is 1. The largest absolute Gasteiger partial charge is 0.515 e. The van der Waals surface area contributed by atoms with Crippen LogP contribution < -0.4 is 5.32 Å². The van der Waals surface area contributed by atoms with Crippen molar-refractivity contribution in [3.05, 3.63) is 92.0 Å². The first kappa shape index (κ1) is 33.3. The number of aliphatic hydroxyl groups excluding tert-OH is 1. The summed E-state index contributed by atoms with van der Waals surface area (Å²) in [4.78, 5) is 53.6. The van der Waals surface area contributed by atoms with Crippen LogP contribution in [0.5, 0.6) is 0 Å². The van der Waals surface area contributed by atoms with Gasteiger partial charge in [-0.25, -0.2) is 19.8 Å². The van der Waals surface area contributed by atoms with Gasteiger partial charge in [0.05, 0.1) is 73.8 Å². The Labute approximate surface area is 274 Å². The Morgan fingerprint density at radius 1 is 0.872 bits per heavy atom. The van der Waals surface area contributed by atoms with Crippen LogP contribution in [0.1, 0.15) is 60.3 Å². The van der Waals surface area contributed by atoms with Crippen molar-refractivity contribution in [2.24, 2.45) is 26.8 Å². The van der Waals surface area contributed by atoms with Crippen LogP contribution in [0.15, 0.2) is 107 Å². The smallest absolute Gasteiger partial charge is 0.340 e. The topological polar surface area (TPSA) is 148 Å². The maximum absolute atomic E-state index is 13.4. The number of fused-ring (bicyclic) bond motifs is 5. The Kier molecular flexibility index (Phi) is 9.46. The molecule has 5 rings (SSSR count). The molecule has 5 aliphatic heterocycles. The van der Waals surface area contributed by atoms with Crippen LogP contribution in [-0.2, 0) is 28.6 Å². The number of nitrogens with zero attached hydrogens (tertiary/aromatic N) is 3. The van der Waals surface area contributed by atoms with Crippen molar-refractivity contribution < 1.29 is 33.7 Å². The first-order valence-corrected chi connectivity index (χ1v) is 15.6. The SMILES string of the molecule is CCC1=C(C)C2=CC3=NC(=C(C)/C3=C/O)C=C3NC(=C(CC(=O)OC)C4=NC(=CC1=N2)C(C)=C4C(=O)OC)[C@@H](CCC(=O)OC)[C@@H]3C. The van der Waals surface area contributed by atoms with E-state index >= 15 is 0 Å². The van der Waals surface area contributed by atoms with Crippen molar-refractivity contribution in [2.45, 2.75) is 60.3 Å². The van der Waals surface area contributed by atoms with Crippen molar-refractivity contribution >= 4 is 35.0 Å². The molecule has 5 heterocycles. The van der Waals surface area contributed by atoms with E-state index in [1.54, 1.807) is 6.92 Å². The molecule has 0 spiro atoms. The zero-order valence-corrected chi connectivity index (χ0v) is 28.0. The summed E-state index contributed by atoms with van der Waals surface area (Å²) < 4.78 is 15.3. The lowest BCUT2D eigenvalue weighted by Gasteiger charge is -2.19. The molecule has 8 bridgehead atoms. The van der Waals surface area contributed by atoms with Crippen molar-refractivity contribution in [3.8, 4) is 0 Å². The molecule has 0 aliphatic carbocycles. The zero-order chi connectivity index (χ0) is 34.2. The summed E-state index contributed by atoms with van der Waals surface area (Å²) in [6, 6.07) is 0. The highest BCUT2D eigenvalue weighted by Gasteiger charge is 2.40. The molecule has 0 aromatic rings. The summed E-state index contributed by atoms with van der Waals surface area (Å²) in [5.41, 5.74) is 9.49. The number of carbonyl (C=O) groups is 3. The van der Waals surface area contributed by atoms with E-state index < -0.39 is 11.9 Å². The van der Waals surface area contributed by atoms with Gasteiger partial charge in [0.2, 0.25) is 0 Å². The molecule has 11 heteroatoms. The van der Waals surface area contributed by atoms with Gasteiger partial charge in [0, 0.05) is 40.8 Å². The second kappa shape index (κ2) is 13.4. The molecule has 1 fully saturated rings. The van der Waals surface area contributed by atoms with E-state index in [-0.39, 0.29) is 36.2 Å². The van der Waals surface area contributed by atoms with E-state index in [4.69, 9.17) is 29.2 Å². The normalized spacial score (nSPS) is 22.9. The molecule has 0 aromatic heterocycles. The van der Waals surface area contributed by atoms with Crippen molar-refractivity contribution in [2.75, 3.05) is 21.3 Å². The van der Waals surface area contributed by atoms with Gasteiger partial charge >= 0.3 is 17.9 Å². The van der Waals surface area contributed by atoms with E-state index in [1.165, 1.54) is 21.3 Å². The van der Waals surface area contributed by atoms with E-state index in [0.717, 1.165) is 28.7 Å². The van der Waals surface area contributed by atoms with Crippen LogP contribution in [0, 0.1) is 11.8 Å². The lowest BCUT2D eigenvalue weighted by atomic mass is 9.84. The number of aliphatic imine (C=N–C) groups is 3. The molecule has 47 heavy (non-hydrogen) atoms. The summed E-state index contributed by atoms with van der Waals surface area (Å²) in [6.45, 7) is 9.76. The Morgan fingerprint density at radius 3 is 2.19 bits per heavy atom. The van der Waals surface area contributed by atoms with Crippen molar-refractivity contribution in [3.63, 3.8) is 0 Å². The van der Waals surface area contributed by atoms with Gasteiger partial charge in [0.15, 0.2) is 0 Å². The molecule has 1 saturated heterocycles. The summed E-state index contributed by atoms with van der Waals surface area (Å²) in [6.07, 6.45) is 7.73. The molecule has 0 unspecified atom stereocenters. The van der Waals surface area contributed by atoms with E-state index in [1.807, 2.05) is 45.9 Å². The second-order valence-corrected chi connectivity index (χ2v) is 11.9. The van der Waals surface area contributed by atoms with Crippen LogP contribution in [0.4, 0.5) is 0 Å². The quantitative estimate of drug-likeness (QED) is 0.208. The average molecular weight is 641 g/mol. The van der Waals surface area contributed by atoms with Crippen LogP contribution >= 0.6 is 0 Å². The fourth-order valence-corrected chi connectivity index (χ4v) is 6.62. The maximum Gasteiger partial charge on any atom is 0.340 e. The Balaban J connectivity index is 1.86.